The van der Waals surface area contributed by atoms with E-state index in [0.717, 1.165) is 32.4 Å². The van der Waals surface area contributed by atoms with Gasteiger partial charge < -0.3 is 15.0 Å². The minimum atomic E-state index is -0.439. The number of rotatable bonds is 3. The van der Waals surface area contributed by atoms with Gasteiger partial charge in [-0.05, 0) is 46.7 Å². The van der Waals surface area contributed by atoms with Gasteiger partial charge in [-0.15, -0.1) is 0 Å². The zero-order chi connectivity index (χ0) is 16.2. The molecule has 1 saturated heterocycles. The van der Waals surface area contributed by atoms with Gasteiger partial charge in [-0.2, -0.15) is 5.10 Å². The molecule has 0 saturated carbocycles. The summed E-state index contributed by atoms with van der Waals surface area (Å²) in [4.78, 5) is 13.9. The number of likely N-dealkylation sites (tertiary alicyclic amines) is 1. The van der Waals surface area contributed by atoms with Crippen molar-refractivity contribution < 1.29 is 9.53 Å². The molecule has 2 rings (SSSR count). The van der Waals surface area contributed by atoms with Crippen molar-refractivity contribution in [2.45, 2.75) is 64.8 Å². The Morgan fingerprint density at radius 3 is 2.59 bits per heavy atom. The number of hydrogen-bond donors (Lipinski definition) is 1. The third-order valence-electron chi connectivity index (χ3n) is 3.82. The molecular formula is C16H28N4O2. The van der Waals surface area contributed by atoms with Gasteiger partial charge >= 0.3 is 6.09 Å². The molecule has 0 aromatic heterocycles. The lowest BCUT2D eigenvalue weighted by atomic mass is 10.0. The molecule has 22 heavy (non-hydrogen) atoms. The summed E-state index contributed by atoms with van der Waals surface area (Å²) in [6.07, 6.45) is 8.75. The van der Waals surface area contributed by atoms with E-state index in [1.165, 1.54) is 0 Å². The lowest BCUT2D eigenvalue weighted by Gasteiger charge is -2.40. The largest absolute Gasteiger partial charge is 0.444 e. The summed E-state index contributed by atoms with van der Waals surface area (Å²) in [5.74, 6) is 0. The highest BCUT2D eigenvalue weighted by molar-refractivity contribution is 5.68. The van der Waals surface area contributed by atoms with Crippen molar-refractivity contribution in [3.63, 3.8) is 0 Å². The molecule has 1 N–H and O–H groups in total. The minimum absolute atomic E-state index is 0.211. The Hall–Kier alpha value is -1.72. The van der Waals surface area contributed by atoms with Crippen LogP contribution in [0.25, 0.3) is 0 Å². The van der Waals surface area contributed by atoms with Crippen molar-refractivity contribution >= 4 is 12.3 Å². The molecule has 6 heteroatoms. The third-order valence-corrected chi connectivity index (χ3v) is 3.82. The first-order valence-corrected chi connectivity index (χ1v) is 8.06. The summed E-state index contributed by atoms with van der Waals surface area (Å²) < 4.78 is 5.44. The Labute approximate surface area is 133 Å². The smallest absolute Gasteiger partial charge is 0.410 e. The van der Waals surface area contributed by atoms with Crippen molar-refractivity contribution in [3.8, 4) is 0 Å². The average Bonchev–Trinajstić information content (AvgIpc) is 2.97. The summed E-state index contributed by atoms with van der Waals surface area (Å²) >= 11 is 0. The molecule has 0 spiro atoms. The van der Waals surface area contributed by atoms with Crippen LogP contribution in [-0.2, 0) is 4.74 Å². The Morgan fingerprint density at radius 1 is 1.41 bits per heavy atom. The number of nitrogens with zero attached hydrogens (tertiary/aromatic N) is 3. The molecule has 1 amide bonds. The Kier molecular flexibility index (Phi) is 5.32. The first-order valence-electron chi connectivity index (χ1n) is 8.06. The van der Waals surface area contributed by atoms with Crippen LogP contribution in [0.2, 0.25) is 0 Å². The van der Waals surface area contributed by atoms with Gasteiger partial charge in [-0.1, -0.05) is 6.08 Å². The molecule has 124 valence electrons. The maximum Gasteiger partial charge on any atom is 0.410 e. The van der Waals surface area contributed by atoms with Crippen molar-refractivity contribution in [3.05, 3.63) is 12.3 Å². The van der Waals surface area contributed by atoms with Gasteiger partial charge in [0.25, 0.3) is 0 Å². The molecule has 2 aliphatic heterocycles. The van der Waals surface area contributed by atoms with Crippen LogP contribution in [0.5, 0.6) is 0 Å². The second kappa shape index (κ2) is 7.03. The Morgan fingerprint density at radius 2 is 2.09 bits per heavy atom. The molecule has 0 radical (unpaired) electrons. The highest BCUT2D eigenvalue weighted by Crippen LogP contribution is 2.22. The summed E-state index contributed by atoms with van der Waals surface area (Å²) in [6.45, 7) is 9.06. The van der Waals surface area contributed by atoms with Gasteiger partial charge in [-0.3, -0.25) is 5.01 Å². The standard InChI is InChI=1S/C16H28N4O2/c1-5-18-20(14-7-6-10-17-14)13-8-11-19(12-9-13)15(21)22-16(2,3)4/h5-6,10,13-14,17H,7-9,11-12H2,1-4H3/b18-5-. The van der Waals surface area contributed by atoms with E-state index in [9.17, 15) is 4.79 Å². The van der Waals surface area contributed by atoms with E-state index in [2.05, 4.69) is 21.5 Å². The first-order chi connectivity index (χ1) is 10.4. The van der Waals surface area contributed by atoms with Crippen LogP contribution in [0.15, 0.2) is 17.4 Å². The van der Waals surface area contributed by atoms with Crippen LogP contribution in [0.4, 0.5) is 4.79 Å². The van der Waals surface area contributed by atoms with Crippen LogP contribution in [-0.4, -0.2) is 53.1 Å². The molecular weight excluding hydrogens is 280 g/mol. The molecule has 0 aromatic carbocycles. The topological polar surface area (TPSA) is 57.2 Å². The van der Waals surface area contributed by atoms with Gasteiger partial charge in [0.05, 0.1) is 6.04 Å². The van der Waals surface area contributed by atoms with Gasteiger partial charge in [0.1, 0.15) is 11.8 Å². The van der Waals surface area contributed by atoms with Crippen molar-refractivity contribution in [2.75, 3.05) is 13.1 Å². The molecule has 6 nitrogen and oxygen atoms in total. The van der Waals surface area contributed by atoms with Gasteiger partial charge in [0, 0.05) is 25.7 Å². The number of ether oxygens (including phenoxy) is 1. The molecule has 1 unspecified atom stereocenters. The SMILES string of the molecule is C/C=N\N(C1CCN(C(=O)OC(C)(C)C)CC1)C1CC=CN1. The number of carbonyl (C=O) groups is 1. The molecule has 0 aromatic rings. The molecule has 2 heterocycles. The van der Waals surface area contributed by atoms with E-state index < -0.39 is 5.60 Å². The fourth-order valence-electron chi connectivity index (χ4n) is 2.83. The number of piperidine rings is 1. The number of nitrogens with one attached hydrogen (secondary N) is 1. The van der Waals surface area contributed by atoms with E-state index in [0.29, 0.717) is 6.04 Å². The summed E-state index contributed by atoms with van der Waals surface area (Å²) in [7, 11) is 0. The van der Waals surface area contributed by atoms with Crippen molar-refractivity contribution in [1.29, 1.82) is 0 Å². The van der Waals surface area contributed by atoms with Crippen LogP contribution in [0, 0.1) is 0 Å². The van der Waals surface area contributed by atoms with Crippen LogP contribution < -0.4 is 5.32 Å². The zero-order valence-electron chi connectivity index (χ0n) is 14.1. The number of hydrogen-bond acceptors (Lipinski definition) is 5. The Balaban J connectivity index is 1.88. The summed E-state index contributed by atoms with van der Waals surface area (Å²) in [5, 5.41) is 10.0. The van der Waals surface area contributed by atoms with Crippen LogP contribution in [0.3, 0.4) is 0 Å². The second-order valence-electron chi connectivity index (χ2n) is 6.77. The first kappa shape index (κ1) is 16.6. The lowest BCUT2D eigenvalue weighted by molar-refractivity contribution is 0.0105. The van der Waals surface area contributed by atoms with E-state index >= 15 is 0 Å². The van der Waals surface area contributed by atoms with E-state index in [1.54, 1.807) is 4.90 Å². The molecule has 0 bridgehead atoms. The highest BCUT2D eigenvalue weighted by atomic mass is 16.6. The van der Waals surface area contributed by atoms with Gasteiger partial charge in [0.2, 0.25) is 0 Å². The molecule has 1 atom stereocenters. The fourth-order valence-corrected chi connectivity index (χ4v) is 2.83. The monoisotopic (exact) mass is 308 g/mol. The van der Waals surface area contributed by atoms with E-state index in [-0.39, 0.29) is 12.3 Å². The summed E-state index contributed by atoms with van der Waals surface area (Å²) in [6, 6.07) is 0.354. The quantitative estimate of drug-likeness (QED) is 0.643. The van der Waals surface area contributed by atoms with Crippen LogP contribution >= 0.6 is 0 Å². The number of carbonyl (C=O) groups excluding carboxylic acids is 1. The van der Waals surface area contributed by atoms with Crippen molar-refractivity contribution in [1.82, 2.24) is 15.2 Å². The fraction of sp³-hybridized carbons (Fsp3) is 0.750. The zero-order valence-corrected chi connectivity index (χ0v) is 14.1. The Bertz CT molecular complexity index is 426. The molecule has 0 aliphatic carbocycles. The van der Waals surface area contributed by atoms with E-state index in [1.807, 2.05) is 40.1 Å². The van der Waals surface area contributed by atoms with Gasteiger partial charge in [0.15, 0.2) is 0 Å². The van der Waals surface area contributed by atoms with Gasteiger partial charge in [-0.25, -0.2) is 4.79 Å². The normalized spacial score (nSPS) is 22.9. The van der Waals surface area contributed by atoms with Crippen LogP contribution in [0.1, 0.15) is 47.0 Å². The maximum atomic E-state index is 12.1. The highest BCUT2D eigenvalue weighted by Gasteiger charge is 2.32. The number of hydrazone groups is 1. The summed E-state index contributed by atoms with van der Waals surface area (Å²) in [5.41, 5.74) is -0.439. The minimum Gasteiger partial charge on any atom is -0.444 e. The number of amides is 1. The second-order valence-corrected chi connectivity index (χ2v) is 6.77. The van der Waals surface area contributed by atoms with E-state index in [4.69, 9.17) is 4.74 Å². The average molecular weight is 308 g/mol. The predicted octanol–water partition coefficient (Wildman–Crippen LogP) is 2.53. The molecule has 1 fully saturated rings. The molecule has 2 aliphatic rings. The predicted molar refractivity (Wildman–Crippen MR) is 87.5 cm³/mol. The lowest BCUT2D eigenvalue weighted by Crippen LogP contribution is -2.51. The van der Waals surface area contributed by atoms with Crippen molar-refractivity contribution in [2.24, 2.45) is 5.10 Å². The third kappa shape index (κ3) is 4.39. The maximum absolute atomic E-state index is 12.1.